The Morgan fingerprint density at radius 1 is 1.25 bits per heavy atom. The molecule has 0 saturated carbocycles. The standard InChI is InChI=1S/C16H19N3O/c1-11-8-9-17-15(18-11)19-13-10-16(2,3)20-14-7-5-4-6-12(13)14/h4-9,13H,10H2,1-3H3,(H,17,18,19). The molecule has 104 valence electrons. The summed E-state index contributed by atoms with van der Waals surface area (Å²) in [6, 6.07) is 10.2. The van der Waals surface area contributed by atoms with Gasteiger partial charge in [0.2, 0.25) is 5.95 Å². The summed E-state index contributed by atoms with van der Waals surface area (Å²) in [4.78, 5) is 8.72. The summed E-state index contributed by atoms with van der Waals surface area (Å²) in [6.45, 7) is 6.18. The van der Waals surface area contributed by atoms with Gasteiger partial charge in [-0.25, -0.2) is 9.97 Å². The molecule has 0 radical (unpaired) electrons. The number of aryl methyl sites for hydroxylation is 1. The number of fused-ring (bicyclic) bond motifs is 1. The zero-order chi connectivity index (χ0) is 14.2. The average molecular weight is 269 g/mol. The lowest BCUT2D eigenvalue weighted by molar-refractivity contribution is 0.0758. The lowest BCUT2D eigenvalue weighted by Gasteiger charge is -2.37. The molecule has 1 aliphatic heterocycles. The fraction of sp³-hybridized carbons (Fsp3) is 0.375. The molecule has 4 nitrogen and oxygen atoms in total. The number of benzene rings is 1. The smallest absolute Gasteiger partial charge is 0.223 e. The van der Waals surface area contributed by atoms with Crippen molar-refractivity contribution in [3.63, 3.8) is 0 Å². The Morgan fingerprint density at radius 3 is 2.85 bits per heavy atom. The van der Waals surface area contributed by atoms with Crippen LogP contribution in [-0.4, -0.2) is 15.6 Å². The second kappa shape index (κ2) is 4.78. The maximum absolute atomic E-state index is 6.03. The van der Waals surface area contributed by atoms with E-state index in [0.29, 0.717) is 5.95 Å². The Hall–Kier alpha value is -2.10. The topological polar surface area (TPSA) is 47.0 Å². The van der Waals surface area contributed by atoms with Crippen LogP contribution >= 0.6 is 0 Å². The fourth-order valence-corrected chi connectivity index (χ4v) is 2.61. The number of hydrogen-bond acceptors (Lipinski definition) is 4. The van der Waals surface area contributed by atoms with E-state index in [4.69, 9.17) is 4.74 Å². The first-order chi connectivity index (χ1) is 9.53. The first-order valence-electron chi connectivity index (χ1n) is 6.88. The maximum Gasteiger partial charge on any atom is 0.223 e. The van der Waals surface area contributed by atoms with E-state index < -0.39 is 0 Å². The van der Waals surface area contributed by atoms with Gasteiger partial charge in [-0.05, 0) is 32.9 Å². The lowest BCUT2D eigenvalue weighted by atomic mass is 9.90. The van der Waals surface area contributed by atoms with Crippen LogP contribution in [0, 0.1) is 6.92 Å². The third-order valence-electron chi connectivity index (χ3n) is 3.47. The van der Waals surface area contributed by atoms with Crippen molar-refractivity contribution in [3.05, 3.63) is 47.8 Å². The first kappa shape index (κ1) is 12.9. The van der Waals surface area contributed by atoms with E-state index in [-0.39, 0.29) is 11.6 Å². The summed E-state index contributed by atoms with van der Waals surface area (Å²) in [5.74, 6) is 1.61. The van der Waals surface area contributed by atoms with Crippen molar-refractivity contribution in [2.24, 2.45) is 0 Å². The van der Waals surface area contributed by atoms with Crippen LogP contribution in [0.25, 0.3) is 0 Å². The quantitative estimate of drug-likeness (QED) is 0.906. The number of rotatable bonds is 2. The van der Waals surface area contributed by atoms with Crippen molar-refractivity contribution < 1.29 is 4.74 Å². The van der Waals surface area contributed by atoms with Crippen molar-refractivity contribution in [1.82, 2.24) is 9.97 Å². The molecule has 4 heteroatoms. The Balaban J connectivity index is 1.93. The minimum absolute atomic E-state index is 0.164. The Morgan fingerprint density at radius 2 is 2.05 bits per heavy atom. The number of hydrogen-bond donors (Lipinski definition) is 1. The minimum Gasteiger partial charge on any atom is -0.487 e. The Kier molecular flexibility index (Phi) is 3.08. The first-order valence-corrected chi connectivity index (χ1v) is 6.88. The highest BCUT2D eigenvalue weighted by Gasteiger charge is 2.33. The molecule has 0 amide bonds. The number of anilines is 1. The largest absolute Gasteiger partial charge is 0.487 e. The molecule has 20 heavy (non-hydrogen) atoms. The van der Waals surface area contributed by atoms with Crippen LogP contribution in [0.4, 0.5) is 5.95 Å². The van der Waals surface area contributed by atoms with E-state index in [2.05, 4.69) is 35.2 Å². The van der Waals surface area contributed by atoms with Crippen LogP contribution in [0.15, 0.2) is 36.5 Å². The van der Waals surface area contributed by atoms with Crippen molar-refractivity contribution >= 4 is 5.95 Å². The van der Waals surface area contributed by atoms with Crippen molar-refractivity contribution in [2.45, 2.75) is 38.8 Å². The van der Waals surface area contributed by atoms with E-state index in [1.165, 1.54) is 0 Å². The normalized spacial score (nSPS) is 19.9. The van der Waals surface area contributed by atoms with Crippen molar-refractivity contribution in [1.29, 1.82) is 0 Å². The molecule has 1 aromatic carbocycles. The molecule has 1 N–H and O–H groups in total. The van der Waals surface area contributed by atoms with E-state index in [1.54, 1.807) is 6.20 Å². The van der Waals surface area contributed by atoms with E-state index in [1.807, 2.05) is 31.2 Å². The van der Waals surface area contributed by atoms with E-state index in [9.17, 15) is 0 Å². The Labute approximate surface area is 119 Å². The van der Waals surface area contributed by atoms with Crippen LogP contribution < -0.4 is 10.1 Å². The van der Waals surface area contributed by atoms with Gasteiger partial charge in [0.05, 0.1) is 6.04 Å². The van der Waals surface area contributed by atoms with Gasteiger partial charge >= 0.3 is 0 Å². The van der Waals surface area contributed by atoms with Crippen molar-refractivity contribution in [2.75, 3.05) is 5.32 Å². The number of nitrogens with zero attached hydrogens (tertiary/aromatic N) is 2. The molecule has 2 heterocycles. The SMILES string of the molecule is Cc1ccnc(NC2CC(C)(C)Oc3ccccc32)n1. The van der Waals surface area contributed by atoms with Gasteiger partial charge in [-0.1, -0.05) is 18.2 Å². The van der Waals surface area contributed by atoms with Crippen LogP contribution in [0.2, 0.25) is 0 Å². The second-order valence-corrected chi connectivity index (χ2v) is 5.82. The molecule has 1 atom stereocenters. The van der Waals surface area contributed by atoms with Crippen LogP contribution in [0.5, 0.6) is 5.75 Å². The average Bonchev–Trinajstić information content (AvgIpc) is 2.37. The molecule has 0 bridgehead atoms. The van der Waals surface area contributed by atoms with E-state index >= 15 is 0 Å². The van der Waals surface area contributed by atoms with Gasteiger partial charge in [0, 0.05) is 23.9 Å². The third-order valence-corrected chi connectivity index (χ3v) is 3.47. The van der Waals surface area contributed by atoms with Crippen LogP contribution in [0.3, 0.4) is 0 Å². The molecular formula is C16H19N3O. The molecule has 0 fully saturated rings. The van der Waals surface area contributed by atoms with Gasteiger partial charge in [-0.15, -0.1) is 0 Å². The van der Waals surface area contributed by atoms with E-state index in [0.717, 1.165) is 23.4 Å². The van der Waals surface area contributed by atoms with Crippen LogP contribution in [0.1, 0.15) is 37.6 Å². The van der Waals surface area contributed by atoms with Gasteiger partial charge in [-0.2, -0.15) is 0 Å². The monoisotopic (exact) mass is 269 g/mol. The molecule has 0 aliphatic carbocycles. The minimum atomic E-state index is -0.199. The van der Waals surface area contributed by atoms with Gasteiger partial charge in [0.15, 0.2) is 0 Å². The van der Waals surface area contributed by atoms with Crippen LogP contribution in [-0.2, 0) is 0 Å². The lowest BCUT2D eigenvalue weighted by Crippen LogP contribution is -2.37. The summed E-state index contributed by atoms with van der Waals surface area (Å²) < 4.78 is 6.03. The molecule has 3 rings (SSSR count). The number of ether oxygens (including phenoxy) is 1. The van der Waals surface area contributed by atoms with Gasteiger partial charge in [0.1, 0.15) is 11.4 Å². The summed E-state index contributed by atoms with van der Waals surface area (Å²) in [7, 11) is 0. The van der Waals surface area contributed by atoms with Gasteiger partial charge in [0.25, 0.3) is 0 Å². The molecular weight excluding hydrogens is 250 g/mol. The maximum atomic E-state index is 6.03. The second-order valence-electron chi connectivity index (χ2n) is 5.82. The number of para-hydroxylation sites is 1. The molecule has 0 saturated heterocycles. The zero-order valence-electron chi connectivity index (χ0n) is 12.1. The summed E-state index contributed by atoms with van der Waals surface area (Å²) in [6.07, 6.45) is 2.66. The predicted molar refractivity (Wildman–Crippen MR) is 78.9 cm³/mol. The zero-order valence-corrected chi connectivity index (χ0v) is 12.1. The summed E-state index contributed by atoms with van der Waals surface area (Å²) in [5.41, 5.74) is 1.93. The number of nitrogens with one attached hydrogen (secondary N) is 1. The predicted octanol–water partition coefficient (Wildman–Crippen LogP) is 3.50. The Bertz CT molecular complexity index is 625. The molecule has 1 aliphatic rings. The molecule has 0 spiro atoms. The molecule has 1 aromatic heterocycles. The summed E-state index contributed by atoms with van der Waals surface area (Å²) >= 11 is 0. The highest BCUT2D eigenvalue weighted by molar-refractivity contribution is 5.43. The molecule has 2 aromatic rings. The molecule has 1 unspecified atom stereocenters. The van der Waals surface area contributed by atoms with Crippen molar-refractivity contribution in [3.8, 4) is 5.75 Å². The third kappa shape index (κ3) is 2.59. The summed E-state index contributed by atoms with van der Waals surface area (Å²) in [5, 5.41) is 3.43. The van der Waals surface area contributed by atoms with Gasteiger partial charge < -0.3 is 10.1 Å². The highest BCUT2D eigenvalue weighted by Crippen LogP contribution is 2.40. The van der Waals surface area contributed by atoms with Gasteiger partial charge in [-0.3, -0.25) is 0 Å². The number of aromatic nitrogens is 2. The fourth-order valence-electron chi connectivity index (χ4n) is 2.61. The highest BCUT2D eigenvalue weighted by atomic mass is 16.5.